The zero-order valence-corrected chi connectivity index (χ0v) is 15.4. The molecule has 138 valence electrons. The van der Waals surface area contributed by atoms with Crippen LogP contribution in [-0.4, -0.2) is 40.1 Å². The van der Waals surface area contributed by atoms with E-state index in [2.05, 4.69) is 15.5 Å². The van der Waals surface area contributed by atoms with E-state index in [0.29, 0.717) is 17.3 Å². The number of carbonyl (C=O) groups excluding carboxylic acids is 1. The maximum absolute atomic E-state index is 13.0. The number of nitrogens with one attached hydrogen (secondary N) is 1. The van der Waals surface area contributed by atoms with E-state index in [1.165, 1.54) is 12.8 Å². The van der Waals surface area contributed by atoms with Crippen LogP contribution < -0.4 is 5.32 Å². The van der Waals surface area contributed by atoms with Crippen LogP contribution >= 0.6 is 0 Å². The van der Waals surface area contributed by atoms with Gasteiger partial charge in [0.25, 0.3) is 0 Å². The molecule has 2 aromatic rings. The smallest absolute Gasteiger partial charge is 0.316 e. The summed E-state index contributed by atoms with van der Waals surface area (Å²) in [5.41, 5.74) is 1.43. The lowest BCUT2D eigenvalue weighted by Gasteiger charge is -2.35. The average Bonchev–Trinajstić information content (AvgIpc) is 3.24. The average molecular weight is 354 g/mol. The van der Waals surface area contributed by atoms with E-state index in [0.717, 1.165) is 31.5 Å². The fourth-order valence-corrected chi connectivity index (χ4v) is 3.70. The Bertz CT molecular complexity index is 757. The van der Waals surface area contributed by atoms with Gasteiger partial charge in [-0.25, -0.2) is 0 Å². The van der Waals surface area contributed by atoms with Crippen molar-refractivity contribution < 1.29 is 9.21 Å². The molecule has 1 aromatic heterocycles. The summed E-state index contributed by atoms with van der Waals surface area (Å²) < 4.78 is 5.73. The largest absolute Gasteiger partial charge is 0.403 e. The zero-order chi connectivity index (χ0) is 18.1. The highest BCUT2D eigenvalue weighted by Crippen LogP contribution is 2.53. The van der Waals surface area contributed by atoms with Crippen LogP contribution in [0.1, 0.15) is 39.5 Å². The highest BCUT2D eigenvalue weighted by Gasteiger charge is 2.45. The topological polar surface area (TPSA) is 71.3 Å². The second-order valence-corrected chi connectivity index (χ2v) is 7.97. The molecule has 1 atom stereocenters. The van der Waals surface area contributed by atoms with Gasteiger partial charge in [0.15, 0.2) is 0 Å². The Morgan fingerprint density at radius 1 is 1.12 bits per heavy atom. The first-order valence-corrected chi connectivity index (χ1v) is 9.51. The molecule has 2 fully saturated rings. The molecule has 6 heteroatoms. The number of aromatic nitrogens is 2. The molecule has 0 radical (unpaired) electrons. The first kappa shape index (κ1) is 17.1. The Morgan fingerprint density at radius 2 is 1.81 bits per heavy atom. The van der Waals surface area contributed by atoms with Crippen LogP contribution in [0, 0.1) is 11.3 Å². The lowest BCUT2D eigenvalue weighted by atomic mass is 9.92. The van der Waals surface area contributed by atoms with Crippen LogP contribution in [0.25, 0.3) is 11.5 Å². The van der Waals surface area contributed by atoms with Gasteiger partial charge >= 0.3 is 6.01 Å². The lowest BCUT2D eigenvalue weighted by Crippen LogP contribution is -2.48. The quantitative estimate of drug-likeness (QED) is 0.889. The molecule has 26 heavy (non-hydrogen) atoms. The summed E-state index contributed by atoms with van der Waals surface area (Å²) in [5, 5.41) is 11.3. The number of piperidine rings is 1. The highest BCUT2D eigenvalue weighted by molar-refractivity contribution is 5.84. The molecule has 1 amide bonds. The Labute approximate surface area is 154 Å². The predicted molar refractivity (Wildman–Crippen MR) is 99.5 cm³/mol. The summed E-state index contributed by atoms with van der Waals surface area (Å²) >= 11 is 0. The van der Waals surface area contributed by atoms with Gasteiger partial charge in [0, 0.05) is 18.7 Å². The van der Waals surface area contributed by atoms with Crippen molar-refractivity contribution in [1.82, 2.24) is 15.1 Å². The van der Waals surface area contributed by atoms with Crippen LogP contribution in [0.4, 0.5) is 6.01 Å². The highest BCUT2D eigenvalue weighted by atomic mass is 16.4. The van der Waals surface area contributed by atoms with Crippen LogP contribution in [-0.2, 0) is 4.79 Å². The third-order valence-electron chi connectivity index (χ3n) is 5.75. The number of benzene rings is 1. The second-order valence-electron chi connectivity index (χ2n) is 7.97. The molecule has 1 saturated carbocycles. The van der Waals surface area contributed by atoms with Gasteiger partial charge in [0.05, 0.1) is 0 Å². The third kappa shape index (κ3) is 3.45. The van der Waals surface area contributed by atoms with Gasteiger partial charge in [0.2, 0.25) is 11.8 Å². The van der Waals surface area contributed by atoms with Crippen molar-refractivity contribution in [3.8, 4) is 11.5 Å². The van der Waals surface area contributed by atoms with Gasteiger partial charge in [-0.2, -0.15) is 0 Å². The van der Waals surface area contributed by atoms with Crippen LogP contribution in [0.5, 0.6) is 0 Å². The molecular weight excluding hydrogens is 328 g/mol. The minimum atomic E-state index is -0.354. The maximum Gasteiger partial charge on any atom is 0.316 e. The zero-order valence-electron chi connectivity index (χ0n) is 15.4. The van der Waals surface area contributed by atoms with Gasteiger partial charge in [-0.3, -0.25) is 4.79 Å². The van der Waals surface area contributed by atoms with E-state index < -0.39 is 0 Å². The van der Waals surface area contributed by atoms with Crippen molar-refractivity contribution in [1.29, 1.82) is 0 Å². The maximum atomic E-state index is 13.0. The molecule has 2 aliphatic rings. The monoisotopic (exact) mass is 354 g/mol. The number of nitrogens with zero attached hydrogens (tertiary/aromatic N) is 3. The van der Waals surface area contributed by atoms with Gasteiger partial charge in [-0.15, -0.1) is 5.10 Å². The number of anilines is 1. The second kappa shape index (κ2) is 6.74. The molecule has 1 spiro atoms. The number of rotatable bonds is 5. The van der Waals surface area contributed by atoms with Crippen LogP contribution in [0.3, 0.4) is 0 Å². The number of carbonyl (C=O) groups is 1. The summed E-state index contributed by atoms with van der Waals surface area (Å²) in [5.74, 6) is 0.720. The first-order chi connectivity index (χ1) is 12.6. The fraction of sp³-hybridized carbons (Fsp3) is 0.550. The Morgan fingerprint density at radius 3 is 2.42 bits per heavy atom. The number of amides is 1. The molecule has 4 rings (SSSR count). The lowest BCUT2D eigenvalue weighted by molar-refractivity contribution is -0.134. The number of likely N-dealkylation sites (tertiary alicyclic amines) is 1. The predicted octanol–water partition coefficient (Wildman–Crippen LogP) is 3.58. The number of hydrogen-bond acceptors (Lipinski definition) is 5. The molecular formula is C20H26N4O2. The molecule has 2 heterocycles. The van der Waals surface area contributed by atoms with Crippen molar-refractivity contribution in [2.24, 2.45) is 11.3 Å². The minimum absolute atomic E-state index is 0.131. The summed E-state index contributed by atoms with van der Waals surface area (Å²) in [4.78, 5) is 15.0. The molecule has 1 aromatic carbocycles. The van der Waals surface area contributed by atoms with E-state index in [1.807, 2.05) is 49.1 Å². The van der Waals surface area contributed by atoms with Crippen molar-refractivity contribution in [2.75, 3.05) is 18.4 Å². The normalized spacial score (nSPS) is 19.6. The van der Waals surface area contributed by atoms with Crippen molar-refractivity contribution in [3.63, 3.8) is 0 Å². The van der Waals surface area contributed by atoms with E-state index in [-0.39, 0.29) is 17.9 Å². The Kier molecular flexibility index (Phi) is 4.42. The van der Waals surface area contributed by atoms with Crippen molar-refractivity contribution in [2.45, 2.75) is 45.6 Å². The Balaban J connectivity index is 1.44. The molecule has 1 aliphatic heterocycles. The van der Waals surface area contributed by atoms with E-state index in [1.54, 1.807) is 0 Å². The molecule has 1 aliphatic carbocycles. The minimum Gasteiger partial charge on any atom is -0.403 e. The summed E-state index contributed by atoms with van der Waals surface area (Å²) in [6, 6.07) is 9.58. The van der Waals surface area contributed by atoms with Gasteiger partial charge < -0.3 is 14.6 Å². The summed E-state index contributed by atoms with van der Waals surface area (Å²) in [6.45, 7) is 5.80. The molecule has 0 bridgehead atoms. The van der Waals surface area contributed by atoms with Crippen LogP contribution in [0.2, 0.25) is 0 Å². The van der Waals surface area contributed by atoms with Gasteiger partial charge in [-0.1, -0.05) is 37.1 Å². The summed E-state index contributed by atoms with van der Waals surface area (Å²) in [6.07, 6.45) is 4.96. The van der Waals surface area contributed by atoms with E-state index >= 15 is 0 Å². The Hall–Kier alpha value is -2.37. The van der Waals surface area contributed by atoms with Crippen molar-refractivity contribution in [3.05, 3.63) is 30.3 Å². The number of hydrogen-bond donors (Lipinski definition) is 1. The van der Waals surface area contributed by atoms with E-state index in [4.69, 9.17) is 4.42 Å². The summed E-state index contributed by atoms with van der Waals surface area (Å²) in [7, 11) is 0. The molecule has 0 unspecified atom stereocenters. The standard InChI is InChI=1S/C20H26N4O2/c1-14(2)16(18(25)24-12-10-20(8-9-20)11-13-24)21-19-23-22-17(26-19)15-6-4-3-5-7-15/h3-7,14,16H,8-13H2,1-2H3,(H,21,23)/t16-/m1/s1. The molecule has 6 nitrogen and oxygen atoms in total. The van der Waals surface area contributed by atoms with Gasteiger partial charge in [-0.05, 0) is 49.1 Å². The third-order valence-corrected chi connectivity index (χ3v) is 5.75. The first-order valence-electron chi connectivity index (χ1n) is 9.51. The fourth-order valence-electron chi connectivity index (χ4n) is 3.70. The molecule has 1 N–H and O–H groups in total. The van der Waals surface area contributed by atoms with Crippen molar-refractivity contribution >= 4 is 11.9 Å². The SMILES string of the molecule is CC(C)[C@@H](Nc1nnc(-c2ccccc2)o1)C(=O)N1CCC2(CC1)CC2. The van der Waals surface area contributed by atoms with Crippen LogP contribution in [0.15, 0.2) is 34.7 Å². The van der Waals surface area contributed by atoms with E-state index in [9.17, 15) is 4.79 Å². The molecule has 1 saturated heterocycles. The van der Waals surface area contributed by atoms with Gasteiger partial charge in [0.1, 0.15) is 6.04 Å².